The molecule has 0 atom stereocenters. The van der Waals surface area contributed by atoms with Crippen molar-refractivity contribution in [3.8, 4) is 0 Å². The van der Waals surface area contributed by atoms with Crippen LogP contribution in [0.25, 0.3) is 0 Å². The molecule has 0 fully saturated rings. The fourth-order valence-corrected chi connectivity index (χ4v) is 2.48. The van der Waals surface area contributed by atoms with Crippen LogP contribution in [0.15, 0.2) is 36.5 Å². The Morgan fingerprint density at radius 2 is 1.86 bits per heavy atom. The standard InChI is InChI=1S/C13H16N4O3S/c1-14-21(19,20)9-11-4-2-10(3-5-11)8-15-13(18)12-6-7-16-17-12/h2-7,14H,8-9H2,1H3,(H,15,18)(H,16,17). The summed E-state index contributed by atoms with van der Waals surface area (Å²) in [4.78, 5) is 11.7. The molecule has 0 unspecified atom stereocenters. The molecule has 21 heavy (non-hydrogen) atoms. The van der Waals surface area contributed by atoms with Crippen LogP contribution in [0.5, 0.6) is 0 Å². The number of nitrogens with zero attached hydrogens (tertiary/aromatic N) is 1. The summed E-state index contributed by atoms with van der Waals surface area (Å²) >= 11 is 0. The van der Waals surface area contributed by atoms with E-state index < -0.39 is 10.0 Å². The summed E-state index contributed by atoms with van der Waals surface area (Å²) in [5, 5.41) is 9.02. The van der Waals surface area contributed by atoms with Gasteiger partial charge in [-0.3, -0.25) is 9.89 Å². The maximum atomic E-state index is 11.7. The first-order valence-corrected chi connectivity index (χ1v) is 7.92. The predicted octanol–water partition coefficient (Wildman–Crippen LogP) is 0.389. The molecular weight excluding hydrogens is 292 g/mol. The van der Waals surface area contributed by atoms with E-state index in [1.807, 2.05) is 0 Å². The van der Waals surface area contributed by atoms with Gasteiger partial charge in [-0.05, 0) is 24.2 Å². The van der Waals surface area contributed by atoms with Crippen molar-refractivity contribution in [2.75, 3.05) is 7.05 Å². The molecule has 3 N–H and O–H groups in total. The summed E-state index contributed by atoms with van der Waals surface area (Å²) in [6.45, 7) is 0.358. The Kier molecular flexibility index (Phi) is 4.71. The van der Waals surface area contributed by atoms with E-state index >= 15 is 0 Å². The van der Waals surface area contributed by atoms with Gasteiger partial charge in [0, 0.05) is 12.7 Å². The highest BCUT2D eigenvalue weighted by Crippen LogP contribution is 2.08. The predicted molar refractivity (Wildman–Crippen MR) is 77.9 cm³/mol. The van der Waals surface area contributed by atoms with E-state index in [4.69, 9.17) is 0 Å². The minimum absolute atomic E-state index is 0.0652. The second kappa shape index (κ2) is 6.51. The number of H-pyrrole nitrogens is 1. The van der Waals surface area contributed by atoms with Crippen LogP contribution in [-0.2, 0) is 22.3 Å². The summed E-state index contributed by atoms with van der Waals surface area (Å²) in [5.41, 5.74) is 1.97. The third kappa shape index (κ3) is 4.40. The van der Waals surface area contributed by atoms with Gasteiger partial charge in [0.1, 0.15) is 5.69 Å². The van der Waals surface area contributed by atoms with E-state index in [9.17, 15) is 13.2 Å². The fraction of sp³-hybridized carbons (Fsp3) is 0.231. The van der Waals surface area contributed by atoms with Crippen LogP contribution in [0.3, 0.4) is 0 Å². The van der Waals surface area contributed by atoms with Gasteiger partial charge in [0.25, 0.3) is 5.91 Å². The van der Waals surface area contributed by atoms with Crippen LogP contribution in [0.4, 0.5) is 0 Å². The van der Waals surface area contributed by atoms with Gasteiger partial charge in [0.2, 0.25) is 10.0 Å². The highest BCUT2D eigenvalue weighted by Gasteiger charge is 2.09. The monoisotopic (exact) mass is 308 g/mol. The largest absolute Gasteiger partial charge is 0.347 e. The lowest BCUT2D eigenvalue weighted by molar-refractivity contribution is 0.0946. The molecule has 0 aliphatic heterocycles. The average Bonchev–Trinajstić information content (AvgIpc) is 3.00. The maximum Gasteiger partial charge on any atom is 0.269 e. The molecule has 0 radical (unpaired) electrons. The lowest BCUT2D eigenvalue weighted by Gasteiger charge is -2.06. The number of nitrogens with one attached hydrogen (secondary N) is 3. The Hall–Kier alpha value is -2.19. The lowest BCUT2D eigenvalue weighted by Crippen LogP contribution is -2.23. The molecule has 0 aliphatic rings. The number of aromatic amines is 1. The van der Waals surface area contributed by atoms with Crippen LogP contribution in [0.1, 0.15) is 21.6 Å². The molecule has 0 saturated heterocycles. The summed E-state index contributed by atoms with van der Waals surface area (Å²) in [7, 11) is -1.89. The minimum atomic E-state index is -3.27. The van der Waals surface area contributed by atoms with Gasteiger partial charge in [0.05, 0.1) is 5.75 Å². The first-order valence-electron chi connectivity index (χ1n) is 6.27. The van der Waals surface area contributed by atoms with Gasteiger partial charge >= 0.3 is 0 Å². The van der Waals surface area contributed by atoms with E-state index in [2.05, 4.69) is 20.2 Å². The summed E-state index contributed by atoms with van der Waals surface area (Å²) in [5.74, 6) is -0.307. The van der Waals surface area contributed by atoms with Crippen molar-refractivity contribution < 1.29 is 13.2 Å². The van der Waals surface area contributed by atoms with Crippen LogP contribution in [0, 0.1) is 0 Å². The molecule has 7 nitrogen and oxygen atoms in total. The molecule has 1 amide bonds. The van der Waals surface area contributed by atoms with Crippen LogP contribution in [0.2, 0.25) is 0 Å². The van der Waals surface area contributed by atoms with E-state index in [1.54, 1.807) is 30.3 Å². The van der Waals surface area contributed by atoms with Crippen LogP contribution < -0.4 is 10.0 Å². The van der Waals surface area contributed by atoms with Gasteiger partial charge < -0.3 is 5.32 Å². The number of carbonyl (C=O) groups is 1. The molecule has 1 aromatic heterocycles. The summed E-state index contributed by atoms with van der Waals surface area (Å²) < 4.78 is 25.1. The highest BCUT2D eigenvalue weighted by atomic mass is 32.2. The van der Waals surface area contributed by atoms with Crippen molar-refractivity contribution in [3.05, 3.63) is 53.3 Å². The van der Waals surface area contributed by atoms with Gasteiger partial charge in [-0.2, -0.15) is 5.10 Å². The molecule has 1 heterocycles. The molecule has 112 valence electrons. The quantitative estimate of drug-likeness (QED) is 0.718. The van der Waals surface area contributed by atoms with Crippen molar-refractivity contribution in [1.29, 1.82) is 0 Å². The minimum Gasteiger partial charge on any atom is -0.347 e. The number of rotatable bonds is 6. The maximum absolute atomic E-state index is 11.7. The molecule has 0 aliphatic carbocycles. The van der Waals surface area contributed by atoms with Crippen molar-refractivity contribution in [3.63, 3.8) is 0 Å². The van der Waals surface area contributed by atoms with Gasteiger partial charge in [0.15, 0.2) is 0 Å². The van der Waals surface area contributed by atoms with Crippen molar-refractivity contribution >= 4 is 15.9 Å². The van der Waals surface area contributed by atoms with Crippen molar-refractivity contribution in [2.24, 2.45) is 0 Å². The summed E-state index contributed by atoms with van der Waals surface area (Å²) in [6, 6.07) is 8.61. The molecule has 2 rings (SSSR count). The lowest BCUT2D eigenvalue weighted by atomic mass is 10.1. The first-order chi connectivity index (χ1) is 10.00. The Morgan fingerprint density at radius 3 is 2.43 bits per heavy atom. The number of aromatic nitrogens is 2. The van der Waals surface area contributed by atoms with Crippen LogP contribution in [-0.4, -0.2) is 31.6 Å². The molecule has 0 spiro atoms. The van der Waals surface area contributed by atoms with Crippen molar-refractivity contribution in [2.45, 2.75) is 12.3 Å². The third-order valence-electron chi connectivity index (χ3n) is 2.89. The molecular formula is C13H16N4O3S. The molecule has 1 aromatic carbocycles. The second-order valence-corrected chi connectivity index (χ2v) is 6.36. The number of carbonyl (C=O) groups excluding carboxylic acids is 1. The second-order valence-electron chi connectivity index (χ2n) is 4.43. The van der Waals surface area contributed by atoms with E-state index in [1.165, 1.54) is 13.2 Å². The fourth-order valence-electron chi connectivity index (χ4n) is 1.70. The first kappa shape index (κ1) is 15.2. The summed E-state index contributed by atoms with van der Waals surface area (Å²) in [6.07, 6.45) is 1.51. The van der Waals surface area contributed by atoms with Gasteiger partial charge in [-0.15, -0.1) is 0 Å². The third-order valence-corrected chi connectivity index (χ3v) is 4.22. The zero-order valence-corrected chi connectivity index (χ0v) is 12.3. The smallest absolute Gasteiger partial charge is 0.269 e. The van der Waals surface area contributed by atoms with E-state index in [-0.39, 0.29) is 11.7 Å². The molecule has 0 bridgehead atoms. The number of sulfonamides is 1. The van der Waals surface area contributed by atoms with Gasteiger partial charge in [-0.1, -0.05) is 24.3 Å². The van der Waals surface area contributed by atoms with E-state index in [0.29, 0.717) is 17.8 Å². The number of hydrogen-bond donors (Lipinski definition) is 3. The molecule has 2 aromatic rings. The average molecular weight is 308 g/mol. The Balaban J connectivity index is 1.92. The Labute approximate surface area is 122 Å². The van der Waals surface area contributed by atoms with E-state index in [0.717, 1.165) is 5.56 Å². The highest BCUT2D eigenvalue weighted by molar-refractivity contribution is 7.88. The number of amides is 1. The zero-order chi connectivity index (χ0) is 15.3. The SMILES string of the molecule is CNS(=O)(=O)Cc1ccc(CNC(=O)c2ccn[nH]2)cc1. The topological polar surface area (TPSA) is 104 Å². The number of hydrogen-bond acceptors (Lipinski definition) is 4. The molecule has 0 saturated carbocycles. The van der Waals surface area contributed by atoms with Crippen molar-refractivity contribution in [1.82, 2.24) is 20.2 Å². The zero-order valence-electron chi connectivity index (χ0n) is 11.5. The number of benzene rings is 1. The Morgan fingerprint density at radius 1 is 1.19 bits per heavy atom. The Bertz CT molecular complexity index is 694. The normalized spacial score (nSPS) is 11.3. The van der Waals surface area contributed by atoms with Gasteiger partial charge in [-0.25, -0.2) is 13.1 Å². The van der Waals surface area contributed by atoms with Crippen LogP contribution >= 0.6 is 0 Å². The molecule has 8 heteroatoms.